The Morgan fingerprint density at radius 2 is 2.14 bits per heavy atom. The van der Waals surface area contributed by atoms with Crippen molar-refractivity contribution in [3.63, 3.8) is 0 Å². The lowest BCUT2D eigenvalue weighted by Crippen LogP contribution is -2.41. The van der Waals surface area contributed by atoms with Crippen molar-refractivity contribution in [1.29, 1.82) is 0 Å². The van der Waals surface area contributed by atoms with E-state index in [9.17, 15) is 4.79 Å². The second-order valence-corrected chi connectivity index (χ2v) is 6.81. The van der Waals surface area contributed by atoms with E-state index in [1.807, 2.05) is 20.8 Å². The molecule has 1 N–H and O–H groups in total. The second kappa shape index (κ2) is 7.27. The Morgan fingerprint density at radius 3 is 2.71 bits per heavy atom. The molecule has 0 unspecified atom stereocenters. The van der Waals surface area contributed by atoms with Gasteiger partial charge in [-0.15, -0.1) is 0 Å². The molecule has 1 amide bonds. The van der Waals surface area contributed by atoms with Gasteiger partial charge in [0.2, 0.25) is 0 Å². The molecule has 2 aliphatic rings. The third-order valence-electron chi connectivity index (χ3n) is 3.79. The first-order valence-electron chi connectivity index (χ1n) is 7.91. The lowest BCUT2D eigenvalue weighted by molar-refractivity contribution is 0.0265. The number of hydrogen-bond donors (Lipinski definition) is 1. The number of nitrogens with one attached hydrogen (secondary N) is 1. The van der Waals surface area contributed by atoms with Gasteiger partial charge in [0.15, 0.2) is 0 Å². The van der Waals surface area contributed by atoms with Crippen LogP contribution < -0.4 is 5.32 Å². The normalized spacial score (nSPS) is 21.1. The van der Waals surface area contributed by atoms with Gasteiger partial charge in [0.05, 0.1) is 0 Å². The van der Waals surface area contributed by atoms with Crippen LogP contribution in [-0.4, -0.2) is 55.5 Å². The summed E-state index contributed by atoms with van der Waals surface area (Å²) in [6.07, 6.45) is 5.05. The van der Waals surface area contributed by atoms with Crippen LogP contribution in [0.2, 0.25) is 0 Å². The Balaban J connectivity index is 1.72. The van der Waals surface area contributed by atoms with Crippen molar-refractivity contribution in [1.82, 2.24) is 10.2 Å². The van der Waals surface area contributed by atoms with Crippen LogP contribution in [0.4, 0.5) is 4.79 Å². The van der Waals surface area contributed by atoms with Crippen LogP contribution in [0, 0.1) is 0 Å². The molecule has 2 aliphatic heterocycles. The monoisotopic (exact) mass is 296 g/mol. The average molecular weight is 296 g/mol. The van der Waals surface area contributed by atoms with E-state index in [-0.39, 0.29) is 6.09 Å². The number of nitrogens with zero attached hydrogens (tertiary/aromatic N) is 1. The van der Waals surface area contributed by atoms with Gasteiger partial charge >= 0.3 is 6.09 Å². The molecule has 0 bridgehead atoms. The van der Waals surface area contributed by atoms with Crippen molar-refractivity contribution >= 4 is 6.09 Å². The number of hydrogen-bond acceptors (Lipinski definition) is 4. The van der Waals surface area contributed by atoms with E-state index in [4.69, 9.17) is 9.47 Å². The van der Waals surface area contributed by atoms with Gasteiger partial charge in [0.1, 0.15) is 5.60 Å². The quantitative estimate of drug-likeness (QED) is 0.812. The van der Waals surface area contributed by atoms with Crippen LogP contribution in [-0.2, 0) is 9.47 Å². The standard InChI is InChI=1S/C16H28N2O3/c1-16(2,3)21-15(19)18-8-4-13(5-9-18)12-17-14-6-10-20-11-7-14/h4,14,17H,5-12H2,1-3H3. The molecule has 0 aromatic rings. The molecule has 120 valence electrons. The molecule has 0 spiro atoms. The SMILES string of the molecule is CC(C)(C)OC(=O)N1CC=C(CNC2CCOCC2)CC1. The zero-order valence-electron chi connectivity index (χ0n) is 13.5. The van der Waals surface area contributed by atoms with Gasteiger partial charge in [-0.1, -0.05) is 11.6 Å². The minimum atomic E-state index is -0.425. The molecule has 2 rings (SSSR count). The van der Waals surface area contributed by atoms with Crippen LogP contribution in [0.15, 0.2) is 11.6 Å². The summed E-state index contributed by atoms with van der Waals surface area (Å²) in [7, 11) is 0. The predicted octanol–water partition coefficient (Wildman–Crippen LogP) is 2.32. The zero-order chi connectivity index (χ0) is 15.3. The van der Waals surface area contributed by atoms with Crippen molar-refractivity contribution in [3.05, 3.63) is 11.6 Å². The largest absolute Gasteiger partial charge is 0.444 e. The molecular formula is C16H28N2O3. The lowest BCUT2D eigenvalue weighted by Gasteiger charge is -2.30. The number of rotatable bonds is 3. The molecule has 0 atom stereocenters. The Labute approximate surface area is 127 Å². The predicted molar refractivity (Wildman–Crippen MR) is 82.4 cm³/mol. The van der Waals surface area contributed by atoms with Gasteiger partial charge in [-0.25, -0.2) is 4.79 Å². The first kappa shape index (κ1) is 16.3. The van der Waals surface area contributed by atoms with E-state index in [0.29, 0.717) is 12.6 Å². The third-order valence-corrected chi connectivity index (χ3v) is 3.79. The van der Waals surface area contributed by atoms with Crippen LogP contribution in [0.3, 0.4) is 0 Å². The topological polar surface area (TPSA) is 50.8 Å². The highest BCUT2D eigenvalue weighted by Crippen LogP contribution is 2.15. The molecule has 0 aromatic carbocycles. The van der Waals surface area contributed by atoms with Gasteiger partial charge in [0.25, 0.3) is 0 Å². The zero-order valence-corrected chi connectivity index (χ0v) is 13.5. The number of carbonyl (C=O) groups excluding carboxylic acids is 1. The highest BCUT2D eigenvalue weighted by molar-refractivity contribution is 5.68. The van der Waals surface area contributed by atoms with Crippen molar-refractivity contribution in [2.75, 3.05) is 32.8 Å². The third kappa shape index (κ3) is 5.67. The highest BCUT2D eigenvalue weighted by atomic mass is 16.6. The molecule has 1 saturated heterocycles. The Bertz CT molecular complexity index is 381. The van der Waals surface area contributed by atoms with E-state index in [1.165, 1.54) is 5.57 Å². The summed E-state index contributed by atoms with van der Waals surface area (Å²) in [5, 5.41) is 3.59. The molecule has 0 aliphatic carbocycles. The van der Waals surface area contributed by atoms with Gasteiger partial charge in [-0.2, -0.15) is 0 Å². The maximum atomic E-state index is 12.0. The van der Waals surface area contributed by atoms with Crippen LogP contribution in [0.1, 0.15) is 40.0 Å². The summed E-state index contributed by atoms with van der Waals surface area (Å²) in [6.45, 7) is 9.74. The van der Waals surface area contributed by atoms with Gasteiger partial charge in [-0.3, -0.25) is 0 Å². The lowest BCUT2D eigenvalue weighted by atomic mass is 10.1. The van der Waals surface area contributed by atoms with Crippen molar-refractivity contribution < 1.29 is 14.3 Å². The molecule has 2 heterocycles. The molecule has 0 radical (unpaired) electrons. The van der Waals surface area contributed by atoms with E-state index in [2.05, 4.69) is 11.4 Å². The van der Waals surface area contributed by atoms with E-state index in [0.717, 1.165) is 45.6 Å². The maximum absolute atomic E-state index is 12.0. The fourth-order valence-corrected chi connectivity index (χ4v) is 2.54. The Hall–Kier alpha value is -1.07. The molecule has 21 heavy (non-hydrogen) atoms. The number of amides is 1. The molecule has 0 aromatic heterocycles. The van der Waals surface area contributed by atoms with Gasteiger partial charge in [-0.05, 0) is 40.0 Å². The van der Waals surface area contributed by atoms with Crippen molar-refractivity contribution in [3.8, 4) is 0 Å². The molecule has 0 saturated carbocycles. The summed E-state index contributed by atoms with van der Waals surface area (Å²) in [6, 6.07) is 0.573. The summed E-state index contributed by atoms with van der Waals surface area (Å²) in [5.41, 5.74) is 0.965. The van der Waals surface area contributed by atoms with Crippen LogP contribution in [0.25, 0.3) is 0 Å². The first-order chi connectivity index (χ1) is 9.94. The van der Waals surface area contributed by atoms with Gasteiger partial charge < -0.3 is 19.7 Å². The fourth-order valence-electron chi connectivity index (χ4n) is 2.54. The molecule has 5 nitrogen and oxygen atoms in total. The summed E-state index contributed by atoms with van der Waals surface area (Å²) >= 11 is 0. The van der Waals surface area contributed by atoms with Crippen molar-refractivity contribution in [2.45, 2.75) is 51.7 Å². The van der Waals surface area contributed by atoms with E-state index >= 15 is 0 Å². The highest BCUT2D eigenvalue weighted by Gasteiger charge is 2.23. The summed E-state index contributed by atoms with van der Waals surface area (Å²) in [5.74, 6) is 0. The minimum absolute atomic E-state index is 0.213. The number of ether oxygens (including phenoxy) is 2. The fraction of sp³-hybridized carbons (Fsp3) is 0.812. The second-order valence-electron chi connectivity index (χ2n) is 6.81. The van der Waals surface area contributed by atoms with Crippen LogP contribution in [0.5, 0.6) is 0 Å². The van der Waals surface area contributed by atoms with E-state index in [1.54, 1.807) is 4.90 Å². The van der Waals surface area contributed by atoms with Crippen LogP contribution >= 0.6 is 0 Å². The van der Waals surface area contributed by atoms with Crippen molar-refractivity contribution in [2.24, 2.45) is 0 Å². The summed E-state index contributed by atoms with van der Waals surface area (Å²) < 4.78 is 10.8. The average Bonchev–Trinajstić information content (AvgIpc) is 2.45. The Morgan fingerprint density at radius 1 is 1.43 bits per heavy atom. The van der Waals surface area contributed by atoms with Gasteiger partial charge in [0, 0.05) is 38.9 Å². The maximum Gasteiger partial charge on any atom is 0.410 e. The van der Waals surface area contributed by atoms with E-state index < -0.39 is 5.60 Å². The number of carbonyl (C=O) groups is 1. The molecule has 5 heteroatoms. The summed E-state index contributed by atoms with van der Waals surface area (Å²) in [4.78, 5) is 13.7. The molecular weight excluding hydrogens is 268 g/mol. The molecule has 1 fully saturated rings. The first-order valence-corrected chi connectivity index (χ1v) is 7.91. The minimum Gasteiger partial charge on any atom is -0.444 e. The smallest absolute Gasteiger partial charge is 0.410 e. The Kier molecular flexibility index (Phi) is 5.65.